The second-order valence-corrected chi connectivity index (χ2v) is 5.33. The van der Waals surface area contributed by atoms with Crippen LogP contribution in [-0.4, -0.2) is 14.9 Å². The molecule has 0 saturated heterocycles. The maximum Gasteiger partial charge on any atom is 0.301 e. The molecule has 92 valence electrons. The Balaban J connectivity index is 2.42. The summed E-state index contributed by atoms with van der Waals surface area (Å²) in [5.41, 5.74) is -0.0954. The van der Waals surface area contributed by atoms with Crippen LogP contribution in [0.4, 0.5) is 5.69 Å². The summed E-state index contributed by atoms with van der Waals surface area (Å²) >= 11 is 10.2. The number of aromatic nitrogens is 2. The summed E-state index contributed by atoms with van der Waals surface area (Å²) in [6.45, 7) is 0. The predicted molar refractivity (Wildman–Crippen MR) is 72.0 cm³/mol. The number of nitrogens with zero attached hydrogens (tertiary/aromatic N) is 3. The molecule has 2 aromatic heterocycles. The van der Waals surface area contributed by atoms with Gasteiger partial charge in [0.2, 0.25) is 0 Å². The molecule has 0 fully saturated rings. The highest BCUT2D eigenvalue weighted by atomic mass is 79.9. The van der Waals surface area contributed by atoms with E-state index in [1.165, 1.54) is 12.1 Å². The second kappa shape index (κ2) is 5.64. The minimum Gasteiger partial charge on any atom is -0.258 e. The molecule has 0 aliphatic rings. The molecule has 0 bridgehead atoms. The van der Waals surface area contributed by atoms with Crippen molar-refractivity contribution in [1.29, 1.82) is 0 Å². The van der Waals surface area contributed by atoms with Crippen LogP contribution in [-0.2, 0) is 0 Å². The van der Waals surface area contributed by atoms with Crippen molar-refractivity contribution in [1.82, 2.24) is 9.97 Å². The zero-order valence-electron chi connectivity index (χ0n) is 8.71. The molecule has 0 aliphatic heterocycles. The van der Waals surface area contributed by atoms with Crippen molar-refractivity contribution in [3.63, 3.8) is 0 Å². The van der Waals surface area contributed by atoms with Crippen molar-refractivity contribution in [2.45, 2.75) is 10.1 Å². The molecule has 0 atom stereocenters. The van der Waals surface area contributed by atoms with Gasteiger partial charge in [0.25, 0.3) is 0 Å². The van der Waals surface area contributed by atoms with Crippen molar-refractivity contribution in [3.8, 4) is 0 Å². The summed E-state index contributed by atoms with van der Waals surface area (Å²) < 4.78 is 0.742. The Hall–Kier alpha value is -1.18. The first-order chi connectivity index (χ1) is 8.58. The van der Waals surface area contributed by atoms with Crippen LogP contribution in [0.3, 0.4) is 0 Å². The van der Waals surface area contributed by atoms with Gasteiger partial charge in [0.15, 0.2) is 5.03 Å². The van der Waals surface area contributed by atoms with E-state index in [1.54, 1.807) is 18.3 Å². The fourth-order valence-electron chi connectivity index (χ4n) is 1.16. The number of rotatable bonds is 3. The van der Waals surface area contributed by atoms with Gasteiger partial charge >= 0.3 is 5.69 Å². The summed E-state index contributed by atoms with van der Waals surface area (Å²) in [5.74, 6) is 0. The van der Waals surface area contributed by atoms with Crippen LogP contribution in [0.5, 0.6) is 0 Å². The molecule has 0 amide bonds. The molecule has 2 aromatic rings. The van der Waals surface area contributed by atoms with Crippen molar-refractivity contribution in [2.75, 3.05) is 0 Å². The topological polar surface area (TPSA) is 68.9 Å². The first kappa shape index (κ1) is 13.3. The second-order valence-electron chi connectivity index (χ2n) is 3.11. The molecular formula is C10H5BrClN3O2S. The highest BCUT2D eigenvalue weighted by molar-refractivity contribution is 9.10. The summed E-state index contributed by atoms with van der Waals surface area (Å²) in [6.07, 6.45) is 1.60. The normalized spacial score (nSPS) is 10.3. The van der Waals surface area contributed by atoms with E-state index >= 15 is 0 Å². The van der Waals surface area contributed by atoms with Gasteiger partial charge in [-0.25, -0.2) is 9.97 Å². The lowest BCUT2D eigenvalue weighted by Crippen LogP contribution is -1.94. The average Bonchev–Trinajstić information content (AvgIpc) is 2.32. The van der Waals surface area contributed by atoms with Gasteiger partial charge in [-0.15, -0.1) is 0 Å². The highest BCUT2D eigenvalue weighted by Gasteiger charge is 2.18. The first-order valence-corrected chi connectivity index (χ1v) is 6.66. The van der Waals surface area contributed by atoms with Crippen LogP contribution in [0.15, 0.2) is 45.0 Å². The predicted octanol–water partition coefficient (Wildman–Crippen LogP) is 3.95. The molecule has 0 aromatic carbocycles. The third-order valence-electron chi connectivity index (χ3n) is 1.92. The zero-order valence-corrected chi connectivity index (χ0v) is 11.9. The smallest absolute Gasteiger partial charge is 0.258 e. The van der Waals surface area contributed by atoms with Crippen molar-refractivity contribution in [2.24, 2.45) is 0 Å². The Morgan fingerprint density at radius 3 is 2.78 bits per heavy atom. The minimum atomic E-state index is -0.498. The summed E-state index contributed by atoms with van der Waals surface area (Å²) in [6, 6.07) is 6.27. The molecule has 2 rings (SSSR count). The first-order valence-electron chi connectivity index (χ1n) is 4.67. The van der Waals surface area contributed by atoms with Gasteiger partial charge in [-0.1, -0.05) is 11.6 Å². The fraction of sp³-hybridized carbons (Fsp3) is 0. The van der Waals surface area contributed by atoms with Gasteiger partial charge in [-0.05, 0) is 45.9 Å². The maximum atomic E-state index is 10.9. The zero-order chi connectivity index (χ0) is 13.1. The van der Waals surface area contributed by atoms with Crippen molar-refractivity contribution in [3.05, 3.63) is 50.2 Å². The number of hydrogen-bond donors (Lipinski definition) is 0. The van der Waals surface area contributed by atoms with Crippen LogP contribution < -0.4 is 0 Å². The molecule has 5 nitrogen and oxygen atoms in total. The Morgan fingerprint density at radius 1 is 1.33 bits per heavy atom. The number of nitro groups is 1. The van der Waals surface area contributed by atoms with Gasteiger partial charge in [0.05, 0.1) is 9.40 Å². The lowest BCUT2D eigenvalue weighted by atomic mass is 10.4. The van der Waals surface area contributed by atoms with E-state index < -0.39 is 4.92 Å². The minimum absolute atomic E-state index is 0.0954. The van der Waals surface area contributed by atoms with Crippen LogP contribution in [0, 0.1) is 10.1 Å². The standard InChI is InChI=1S/C10H5BrClN3O2S/c11-6-2-1-5-13-9(6)18-10-7(15(16)17)3-4-8(12)14-10/h1-5H. The van der Waals surface area contributed by atoms with E-state index in [1.807, 2.05) is 0 Å². The van der Waals surface area contributed by atoms with Gasteiger partial charge in [0.1, 0.15) is 10.2 Å². The fourth-order valence-corrected chi connectivity index (χ4v) is 2.71. The van der Waals surface area contributed by atoms with Gasteiger partial charge in [0, 0.05) is 12.3 Å². The third kappa shape index (κ3) is 2.98. The Kier molecular flexibility index (Phi) is 4.15. The summed E-state index contributed by atoms with van der Waals surface area (Å²) in [4.78, 5) is 18.5. The summed E-state index contributed by atoms with van der Waals surface area (Å²) in [5, 5.41) is 11.9. The number of halogens is 2. The number of hydrogen-bond acceptors (Lipinski definition) is 5. The van der Waals surface area contributed by atoms with Gasteiger partial charge in [-0.2, -0.15) is 0 Å². The summed E-state index contributed by atoms with van der Waals surface area (Å²) in [7, 11) is 0. The molecular weight excluding hydrogens is 342 g/mol. The Morgan fingerprint density at radius 2 is 2.11 bits per heavy atom. The molecule has 0 saturated carbocycles. The molecule has 2 heterocycles. The maximum absolute atomic E-state index is 10.9. The molecule has 0 N–H and O–H groups in total. The molecule has 0 unspecified atom stereocenters. The Labute approximate surface area is 120 Å². The SMILES string of the molecule is O=[N+]([O-])c1ccc(Cl)nc1Sc1ncccc1Br. The van der Waals surface area contributed by atoms with Gasteiger partial charge in [-0.3, -0.25) is 10.1 Å². The third-order valence-corrected chi connectivity index (χ3v) is 4.05. The van der Waals surface area contributed by atoms with Gasteiger partial charge < -0.3 is 0 Å². The largest absolute Gasteiger partial charge is 0.301 e. The molecule has 0 radical (unpaired) electrons. The molecule has 8 heteroatoms. The Bertz CT molecular complexity index is 611. The quantitative estimate of drug-likeness (QED) is 0.478. The molecule has 0 spiro atoms. The van der Waals surface area contributed by atoms with Crippen LogP contribution >= 0.6 is 39.3 Å². The van der Waals surface area contributed by atoms with Crippen LogP contribution in [0.1, 0.15) is 0 Å². The lowest BCUT2D eigenvalue weighted by Gasteiger charge is -2.03. The molecule has 0 aliphatic carbocycles. The average molecular weight is 347 g/mol. The lowest BCUT2D eigenvalue weighted by molar-refractivity contribution is -0.388. The van der Waals surface area contributed by atoms with E-state index in [0.717, 1.165) is 16.2 Å². The number of pyridine rings is 2. The van der Waals surface area contributed by atoms with Crippen molar-refractivity contribution >= 4 is 45.0 Å². The van der Waals surface area contributed by atoms with Crippen molar-refractivity contribution < 1.29 is 4.92 Å². The van der Waals surface area contributed by atoms with E-state index in [2.05, 4.69) is 25.9 Å². The monoisotopic (exact) mass is 345 g/mol. The molecule has 18 heavy (non-hydrogen) atoms. The van der Waals surface area contributed by atoms with E-state index in [4.69, 9.17) is 11.6 Å². The van der Waals surface area contributed by atoms with Crippen LogP contribution in [0.25, 0.3) is 0 Å². The van der Waals surface area contributed by atoms with E-state index in [9.17, 15) is 10.1 Å². The highest BCUT2D eigenvalue weighted by Crippen LogP contribution is 2.36. The van der Waals surface area contributed by atoms with E-state index in [0.29, 0.717) is 5.03 Å². The van der Waals surface area contributed by atoms with Crippen LogP contribution in [0.2, 0.25) is 5.15 Å². The van der Waals surface area contributed by atoms with E-state index in [-0.39, 0.29) is 15.9 Å².